The van der Waals surface area contributed by atoms with Crippen LogP contribution < -0.4 is 11.1 Å². The third kappa shape index (κ3) is 3.29. The van der Waals surface area contributed by atoms with E-state index < -0.39 is 0 Å². The Morgan fingerprint density at radius 1 is 1.23 bits per heavy atom. The fourth-order valence-corrected chi connectivity index (χ4v) is 4.84. The lowest BCUT2D eigenvalue weighted by atomic mass is 9.60. The van der Waals surface area contributed by atoms with E-state index in [0.29, 0.717) is 12.1 Å². The lowest BCUT2D eigenvalue weighted by Crippen LogP contribution is -2.64. The molecule has 0 aromatic heterocycles. The van der Waals surface area contributed by atoms with Gasteiger partial charge in [0.05, 0.1) is 6.10 Å². The van der Waals surface area contributed by atoms with Crippen LogP contribution in [-0.4, -0.2) is 30.7 Å². The fourth-order valence-electron chi connectivity index (χ4n) is 4.84. The van der Waals surface area contributed by atoms with E-state index in [1.54, 1.807) is 0 Å². The average Bonchev–Trinajstić information content (AvgIpc) is 2.98. The molecule has 3 rings (SSSR count). The Morgan fingerprint density at radius 3 is 2.59 bits per heavy atom. The number of rotatable bonds is 4. The number of carbonyl (C=O) groups is 1. The molecule has 0 aromatic carbocycles. The Hall–Kier alpha value is -0.320. The summed E-state index contributed by atoms with van der Waals surface area (Å²) >= 11 is 0. The summed E-state index contributed by atoms with van der Waals surface area (Å²) < 4.78 is 5.92. The molecule has 0 radical (unpaired) electrons. The van der Waals surface area contributed by atoms with Crippen LogP contribution >= 0.6 is 12.4 Å². The van der Waals surface area contributed by atoms with Gasteiger partial charge in [0, 0.05) is 30.0 Å². The smallest absolute Gasteiger partial charge is 0.223 e. The van der Waals surface area contributed by atoms with Crippen molar-refractivity contribution in [2.24, 2.45) is 17.1 Å². The van der Waals surface area contributed by atoms with Gasteiger partial charge in [-0.1, -0.05) is 19.3 Å². The molecule has 1 amide bonds. The molecular formula is C17H31ClN2O2. The lowest BCUT2D eigenvalue weighted by Gasteiger charge is -2.54. The molecule has 128 valence electrons. The van der Waals surface area contributed by atoms with E-state index in [-0.39, 0.29) is 35.7 Å². The normalized spacial score (nSPS) is 36.5. The molecule has 4 unspecified atom stereocenters. The highest BCUT2D eigenvalue weighted by molar-refractivity contribution is 5.85. The minimum Gasteiger partial charge on any atom is -0.378 e. The SMILES string of the molecule is CCOC1CC(NC(=O)C2CCCC(N)C2)C12CCCC2.Cl. The number of carbonyl (C=O) groups excluding carboxylic acids is 1. The maximum absolute atomic E-state index is 12.5. The van der Waals surface area contributed by atoms with Crippen molar-refractivity contribution in [1.82, 2.24) is 5.32 Å². The van der Waals surface area contributed by atoms with Crippen LogP contribution in [-0.2, 0) is 9.53 Å². The molecule has 3 aliphatic carbocycles. The summed E-state index contributed by atoms with van der Waals surface area (Å²) in [5.74, 6) is 0.384. The van der Waals surface area contributed by atoms with Crippen LogP contribution in [0.2, 0.25) is 0 Å². The fraction of sp³-hybridized carbons (Fsp3) is 0.941. The second-order valence-corrected chi connectivity index (χ2v) is 7.30. The van der Waals surface area contributed by atoms with Gasteiger partial charge in [0.1, 0.15) is 0 Å². The number of amides is 1. The van der Waals surface area contributed by atoms with Crippen LogP contribution in [0.4, 0.5) is 0 Å². The Balaban J connectivity index is 0.00000176. The summed E-state index contributed by atoms with van der Waals surface area (Å²) in [6.45, 7) is 2.85. The molecule has 1 spiro atoms. The van der Waals surface area contributed by atoms with Crippen LogP contribution in [0.25, 0.3) is 0 Å². The number of hydrogen-bond donors (Lipinski definition) is 2. The van der Waals surface area contributed by atoms with Gasteiger partial charge in [0.25, 0.3) is 0 Å². The van der Waals surface area contributed by atoms with Crippen LogP contribution in [0.15, 0.2) is 0 Å². The Kier molecular flexibility index (Phi) is 6.14. The summed E-state index contributed by atoms with van der Waals surface area (Å²) in [7, 11) is 0. The first-order valence-electron chi connectivity index (χ1n) is 8.83. The molecule has 4 atom stereocenters. The number of nitrogens with one attached hydrogen (secondary N) is 1. The summed E-state index contributed by atoms with van der Waals surface area (Å²) in [6, 6.07) is 0.551. The van der Waals surface area contributed by atoms with E-state index in [4.69, 9.17) is 10.5 Å². The topological polar surface area (TPSA) is 64.3 Å². The third-order valence-corrected chi connectivity index (χ3v) is 6.09. The summed E-state index contributed by atoms with van der Waals surface area (Å²) in [5, 5.41) is 3.35. The van der Waals surface area contributed by atoms with Gasteiger partial charge in [0.15, 0.2) is 0 Å². The zero-order chi connectivity index (χ0) is 14.9. The van der Waals surface area contributed by atoms with E-state index in [0.717, 1.165) is 38.7 Å². The van der Waals surface area contributed by atoms with Crippen molar-refractivity contribution in [2.75, 3.05) is 6.61 Å². The highest BCUT2D eigenvalue weighted by Crippen LogP contribution is 2.54. The predicted molar refractivity (Wildman–Crippen MR) is 90.0 cm³/mol. The van der Waals surface area contributed by atoms with Gasteiger partial charge in [0.2, 0.25) is 5.91 Å². The van der Waals surface area contributed by atoms with Gasteiger partial charge >= 0.3 is 0 Å². The number of nitrogens with two attached hydrogens (primary N) is 1. The van der Waals surface area contributed by atoms with Crippen molar-refractivity contribution in [2.45, 2.75) is 82.9 Å². The molecule has 0 bridgehead atoms. The van der Waals surface area contributed by atoms with Gasteiger partial charge in [-0.2, -0.15) is 0 Å². The molecular weight excluding hydrogens is 300 g/mol. The largest absolute Gasteiger partial charge is 0.378 e. The highest BCUT2D eigenvalue weighted by Gasteiger charge is 2.57. The third-order valence-electron chi connectivity index (χ3n) is 6.09. The minimum absolute atomic E-state index is 0. The van der Waals surface area contributed by atoms with Crippen molar-refractivity contribution in [3.05, 3.63) is 0 Å². The first-order chi connectivity index (χ1) is 10.2. The lowest BCUT2D eigenvalue weighted by molar-refractivity contribution is -0.147. The Labute approximate surface area is 140 Å². The highest BCUT2D eigenvalue weighted by atomic mass is 35.5. The van der Waals surface area contributed by atoms with Gasteiger partial charge in [-0.15, -0.1) is 12.4 Å². The van der Waals surface area contributed by atoms with E-state index in [1.165, 1.54) is 25.7 Å². The summed E-state index contributed by atoms with van der Waals surface area (Å²) in [4.78, 5) is 12.5. The van der Waals surface area contributed by atoms with E-state index in [9.17, 15) is 4.79 Å². The van der Waals surface area contributed by atoms with Crippen LogP contribution in [0.1, 0.15) is 64.7 Å². The van der Waals surface area contributed by atoms with Crippen LogP contribution in [0.5, 0.6) is 0 Å². The van der Waals surface area contributed by atoms with E-state index in [2.05, 4.69) is 12.2 Å². The standard InChI is InChI=1S/C17H30N2O2.ClH/c1-2-21-15-11-14(17(15)8-3-4-9-17)19-16(20)12-6-5-7-13(18)10-12;/h12-15H,2-11,18H2,1H3,(H,19,20);1H. The van der Waals surface area contributed by atoms with Gasteiger partial charge in [-0.3, -0.25) is 4.79 Å². The monoisotopic (exact) mass is 330 g/mol. The first kappa shape index (κ1) is 18.0. The zero-order valence-electron chi connectivity index (χ0n) is 13.7. The molecule has 4 nitrogen and oxygen atoms in total. The molecule has 5 heteroatoms. The van der Waals surface area contributed by atoms with Crippen molar-refractivity contribution < 1.29 is 9.53 Å². The molecule has 0 aromatic rings. The molecule has 0 aliphatic heterocycles. The average molecular weight is 331 g/mol. The van der Waals surface area contributed by atoms with E-state index in [1.807, 2.05) is 0 Å². The van der Waals surface area contributed by atoms with Gasteiger partial charge in [-0.25, -0.2) is 0 Å². The maximum atomic E-state index is 12.5. The summed E-state index contributed by atoms with van der Waals surface area (Å²) in [5.41, 5.74) is 6.26. The zero-order valence-corrected chi connectivity index (χ0v) is 14.5. The second-order valence-electron chi connectivity index (χ2n) is 7.30. The molecule has 0 heterocycles. The predicted octanol–water partition coefficient (Wildman–Crippen LogP) is 2.78. The molecule has 3 N–H and O–H groups in total. The number of hydrogen-bond acceptors (Lipinski definition) is 3. The second kappa shape index (κ2) is 7.50. The quantitative estimate of drug-likeness (QED) is 0.833. The van der Waals surface area contributed by atoms with Crippen molar-refractivity contribution in [3.63, 3.8) is 0 Å². The minimum atomic E-state index is 0. The van der Waals surface area contributed by atoms with Crippen molar-refractivity contribution in [1.29, 1.82) is 0 Å². The van der Waals surface area contributed by atoms with E-state index >= 15 is 0 Å². The molecule has 3 saturated carbocycles. The molecule has 3 aliphatic rings. The van der Waals surface area contributed by atoms with Crippen molar-refractivity contribution >= 4 is 18.3 Å². The van der Waals surface area contributed by atoms with Gasteiger partial charge < -0.3 is 15.8 Å². The van der Waals surface area contributed by atoms with Crippen LogP contribution in [0.3, 0.4) is 0 Å². The number of halogens is 1. The van der Waals surface area contributed by atoms with Crippen LogP contribution in [0, 0.1) is 11.3 Å². The van der Waals surface area contributed by atoms with Crippen molar-refractivity contribution in [3.8, 4) is 0 Å². The number of ether oxygens (including phenoxy) is 1. The summed E-state index contributed by atoms with van der Waals surface area (Å²) in [6.07, 6.45) is 10.4. The Morgan fingerprint density at radius 2 is 1.95 bits per heavy atom. The molecule has 0 saturated heterocycles. The Bertz CT molecular complexity index is 385. The molecule has 22 heavy (non-hydrogen) atoms. The maximum Gasteiger partial charge on any atom is 0.223 e. The van der Waals surface area contributed by atoms with Gasteiger partial charge in [-0.05, 0) is 45.4 Å². The molecule has 3 fully saturated rings. The first-order valence-corrected chi connectivity index (χ1v) is 8.83.